The van der Waals surface area contributed by atoms with Crippen molar-refractivity contribution in [1.82, 2.24) is 10.3 Å². The van der Waals surface area contributed by atoms with Gasteiger partial charge in [-0.3, -0.25) is 4.79 Å². The summed E-state index contributed by atoms with van der Waals surface area (Å²) in [5.41, 5.74) is 5.24. The molecule has 0 radical (unpaired) electrons. The summed E-state index contributed by atoms with van der Waals surface area (Å²) in [7, 11) is 0. The predicted molar refractivity (Wildman–Crippen MR) is 121 cm³/mol. The molecule has 3 rings (SSSR count). The van der Waals surface area contributed by atoms with Crippen molar-refractivity contribution in [3.8, 4) is 23.0 Å². The van der Waals surface area contributed by atoms with Crippen molar-refractivity contribution in [2.75, 3.05) is 13.2 Å². The highest BCUT2D eigenvalue weighted by Gasteiger charge is 2.27. The minimum absolute atomic E-state index is 0.0196. The molecule has 1 aromatic heterocycles. The van der Waals surface area contributed by atoms with Crippen molar-refractivity contribution in [1.29, 1.82) is 0 Å². The molecule has 0 spiro atoms. The molecule has 1 unspecified atom stereocenters. The minimum Gasteiger partial charge on any atom is -0.490 e. The number of aromatic nitrogens is 1. The lowest BCUT2D eigenvalue weighted by atomic mass is 10.1. The van der Waals surface area contributed by atoms with Crippen LogP contribution >= 0.6 is 0 Å². The van der Waals surface area contributed by atoms with Crippen molar-refractivity contribution in [3.05, 3.63) is 65.1 Å². The van der Waals surface area contributed by atoms with Crippen LogP contribution in [0.5, 0.6) is 11.5 Å². The number of nitrogens with one attached hydrogen (secondary N) is 1. The Balaban J connectivity index is 1.88. The molecule has 2 amide bonds. The van der Waals surface area contributed by atoms with E-state index in [0.717, 1.165) is 12.1 Å². The number of carbonyl (C=O) groups is 2. The highest BCUT2D eigenvalue weighted by molar-refractivity contribution is 5.94. The largest absolute Gasteiger partial charge is 0.490 e. The molecule has 0 aliphatic rings. The second-order valence-electron chi connectivity index (χ2n) is 7.53. The second-order valence-corrected chi connectivity index (χ2v) is 7.53. The number of benzene rings is 2. The summed E-state index contributed by atoms with van der Waals surface area (Å²) in [6.45, 7) is 0.0631. The van der Waals surface area contributed by atoms with E-state index in [2.05, 4.69) is 15.0 Å². The number of primary amides is 1. The lowest BCUT2D eigenvalue weighted by Gasteiger charge is -2.12. The molecule has 9 nitrogen and oxygen atoms in total. The van der Waals surface area contributed by atoms with Crippen LogP contribution in [0.1, 0.15) is 41.8 Å². The normalized spacial score (nSPS) is 11.8. The van der Waals surface area contributed by atoms with Crippen LogP contribution in [0.25, 0.3) is 11.5 Å². The average Bonchev–Trinajstić information content (AvgIpc) is 3.27. The lowest BCUT2D eigenvalue weighted by Crippen LogP contribution is -2.28. The van der Waals surface area contributed by atoms with E-state index >= 15 is 0 Å². The van der Waals surface area contributed by atoms with Crippen molar-refractivity contribution in [3.63, 3.8) is 0 Å². The summed E-state index contributed by atoms with van der Waals surface area (Å²) in [6.07, 6.45) is -2.20. The number of rotatable bonds is 11. The third-order valence-corrected chi connectivity index (χ3v) is 4.93. The van der Waals surface area contributed by atoms with Crippen molar-refractivity contribution in [2.45, 2.75) is 33.0 Å². The van der Waals surface area contributed by atoms with Gasteiger partial charge in [0.25, 0.3) is 5.91 Å². The number of hydrogen-bond acceptors (Lipinski definition) is 7. The number of nitrogens with zero attached hydrogens (tertiary/aromatic N) is 1. The second kappa shape index (κ2) is 12.1. The summed E-state index contributed by atoms with van der Waals surface area (Å²) >= 11 is 0. The Hall–Kier alpha value is -4.29. The molecular weight excluding hydrogens is 502 g/mol. The molecule has 0 saturated carbocycles. The Kier molecular flexibility index (Phi) is 8.93. The smallest absolute Gasteiger partial charge is 0.405 e. The maximum atomic E-state index is 13.9. The highest BCUT2D eigenvalue weighted by atomic mass is 19.3. The third-order valence-electron chi connectivity index (χ3n) is 4.93. The zero-order chi connectivity index (χ0) is 27.1. The summed E-state index contributed by atoms with van der Waals surface area (Å²) in [6, 6.07) is 6.99. The van der Waals surface area contributed by atoms with Crippen LogP contribution in [0.3, 0.4) is 0 Å². The van der Waals surface area contributed by atoms with Crippen LogP contribution in [0.15, 0.2) is 40.8 Å². The SMILES string of the molecule is CCOc1cc(-c2nc(C(=O)NCCc3ccc(F)cc3F)c(C(C)OC(N)=O)o2)ccc1OC(F)F. The van der Waals surface area contributed by atoms with Crippen LogP contribution in [-0.2, 0) is 11.2 Å². The van der Waals surface area contributed by atoms with Crippen LogP contribution < -0.4 is 20.5 Å². The fraction of sp³-hybridized carbons (Fsp3) is 0.292. The van der Waals surface area contributed by atoms with E-state index in [1.807, 2.05) is 0 Å². The van der Waals surface area contributed by atoms with E-state index in [0.29, 0.717) is 0 Å². The number of halogens is 4. The molecule has 2 aromatic carbocycles. The van der Waals surface area contributed by atoms with Gasteiger partial charge < -0.3 is 29.7 Å². The fourth-order valence-electron chi connectivity index (χ4n) is 3.34. The maximum Gasteiger partial charge on any atom is 0.405 e. The number of nitrogens with two attached hydrogens (primary N) is 1. The minimum atomic E-state index is -3.08. The van der Waals surface area contributed by atoms with E-state index in [-0.39, 0.29) is 59.5 Å². The molecule has 0 bridgehead atoms. The Labute approximate surface area is 208 Å². The molecular formula is C24H23F4N3O6. The average molecular weight is 525 g/mol. The third kappa shape index (κ3) is 7.12. The number of amides is 2. The molecule has 3 N–H and O–H groups in total. The van der Waals surface area contributed by atoms with E-state index < -0.39 is 36.4 Å². The van der Waals surface area contributed by atoms with Gasteiger partial charge in [-0.15, -0.1) is 0 Å². The number of alkyl halides is 2. The van der Waals surface area contributed by atoms with Crippen LogP contribution in [-0.4, -0.2) is 36.7 Å². The zero-order valence-electron chi connectivity index (χ0n) is 19.7. The van der Waals surface area contributed by atoms with E-state index in [1.165, 1.54) is 31.2 Å². The van der Waals surface area contributed by atoms with Crippen molar-refractivity contribution >= 4 is 12.0 Å². The van der Waals surface area contributed by atoms with Gasteiger partial charge in [0.05, 0.1) is 6.61 Å². The number of hydrogen-bond donors (Lipinski definition) is 2. The highest BCUT2D eigenvalue weighted by Crippen LogP contribution is 2.35. The van der Waals surface area contributed by atoms with E-state index in [1.54, 1.807) is 6.92 Å². The van der Waals surface area contributed by atoms with Crippen molar-refractivity contribution in [2.24, 2.45) is 5.73 Å². The number of carbonyl (C=O) groups excluding carboxylic acids is 2. The van der Waals surface area contributed by atoms with Gasteiger partial charge in [-0.2, -0.15) is 8.78 Å². The molecule has 0 fully saturated rings. The predicted octanol–water partition coefficient (Wildman–Crippen LogP) is 4.75. The molecule has 0 saturated heterocycles. The quantitative estimate of drug-likeness (QED) is 0.346. The zero-order valence-corrected chi connectivity index (χ0v) is 19.7. The summed E-state index contributed by atoms with van der Waals surface area (Å²) in [4.78, 5) is 28.3. The standard InChI is InChI=1S/C24H23F4N3O6/c1-3-34-18-10-14(5-7-17(18)36-23(27)28)22-31-19(20(37-22)12(2)35-24(29)33)21(32)30-9-8-13-4-6-15(25)11-16(13)26/h4-7,10-12,23H,3,8-9H2,1-2H3,(H2,29,33)(H,30,32). The fourth-order valence-corrected chi connectivity index (χ4v) is 3.34. The molecule has 1 atom stereocenters. The molecule has 0 aliphatic carbocycles. The maximum absolute atomic E-state index is 13.9. The van der Waals surface area contributed by atoms with Gasteiger partial charge in [0, 0.05) is 18.2 Å². The first-order valence-electron chi connectivity index (χ1n) is 11.0. The van der Waals surface area contributed by atoms with Crippen LogP contribution in [0.4, 0.5) is 22.4 Å². The molecule has 3 aromatic rings. The first-order valence-corrected chi connectivity index (χ1v) is 11.0. The number of oxazole rings is 1. The topological polar surface area (TPSA) is 126 Å². The van der Waals surface area contributed by atoms with Gasteiger partial charge >= 0.3 is 12.7 Å². The lowest BCUT2D eigenvalue weighted by molar-refractivity contribution is -0.0514. The molecule has 1 heterocycles. The summed E-state index contributed by atoms with van der Waals surface area (Å²) < 4.78 is 72.8. The Morgan fingerprint density at radius 3 is 2.54 bits per heavy atom. The van der Waals surface area contributed by atoms with E-state index in [9.17, 15) is 27.2 Å². The molecule has 13 heteroatoms. The van der Waals surface area contributed by atoms with Gasteiger partial charge in [-0.05, 0) is 50.1 Å². The van der Waals surface area contributed by atoms with Gasteiger partial charge in [-0.1, -0.05) is 6.07 Å². The Morgan fingerprint density at radius 2 is 1.89 bits per heavy atom. The monoisotopic (exact) mass is 525 g/mol. The first kappa shape index (κ1) is 27.3. The Morgan fingerprint density at radius 1 is 1.14 bits per heavy atom. The van der Waals surface area contributed by atoms with Crippen LogP contribution in [0.2, 0.25) is 0 Å². The molecule has 198 valence electrons. The van der Waals surface area contributed by atoms with Gasteiger partial charge in [0.1, 0.15) is 11.6 Å². The van der Waals surface area contributed by atoms with Crippen LogP contribution in [0, 0.1) is 11.6 Å². The summed E-state index contributed by atoms with van der Waals surface area (Å²) in [5, 5.41) is 2.54. The Bertz CT molecular complexity index is 1270. The number of ether oxygens (including phenoxy) is 3. The summed E-state index contributed by atoms with van der Waals surface area (Å²) in [5.74, 6) is -2.73. The van der Waals surface area contributed by atoms with Gasteiger partial charge in [-0.25, -0.2) is 18.6 Å². The van der Waals surface area contributed by atoms with E-state index in [4.69, 9.17) is 19.6 Å². The van der Waals surface area contributed by atoms with Crippen molar-refractivity contribution < 1.29 is 45.8 Å². The molecule has 0 aliphatic heterocycles. The van der Waals surface area contributed by atoms with Gasteiger partial charge in [0.15, 0.2) is 29.1 Å². The van der Waals surface area contributed by atoms with Gasteiger partial charge in [0.2, 0.25) is 5.89 Å². The molecule has 37 heavy (non-hydrogen) atoms. The first-order chi connectivity index (χ1) is 17.6.